The van der Waals surface area contributed by atoms with Crippen molar-refractivity contribution in [2.75, 3.05) is 13.2 Å². The lowest BCUT2D eigenvalue weighted by molar-refractivity contribution is 0.0349. The summed E-state index contributed by atoms with van der Waals surface area (Å²) < 4.78 is 18.0. The molecular weight excluding hydrogens is 256 g/mol. The molecule has 0 amide bonds. The second-order valence-electron chi connectivity index (χ2n) is 4.73. The van der Waals surface area contributed by atoms with Gasteiger partial charge in [0.25, 0.3) is 0 Å². The number of allylic oxidation sites excluding steroid dienone is 2. The van der Waals surface area contributed by atoms with Gasteiger partial charge < -0.3 is 13.3 Å². The SMILES string of the molecule is CC=CCCCC(C)O[Si](CCC)(OCC)OCC. The molecule has 1 atom stereocenters. The Morgan fingerprint density at radius 1 is 1.11 bits per heavy atom. The molecule has 0 heterocycles. The van der Waals surface area contributed by atoms with E-state index in [0.29, 0.717) is 13.2 Å². The van der Waals surface area contributed by atoms with E-state index in [1.54, 1.807) is 0 Å². The van der Waals surface area contributed by atoms with Crippen LogP contribution in [0.25, 0.3) is 0 Å². The highest BCUT2D eigenvalue weighted by Crippen LogP contribution is 2.21. The summed E-state index contributed by atoms with van der Waals surface area (Å²) in [6, 6.07) is 0.911. The van der Waals surface area contributed by atoms with E-state index >= 15 is 0 Å². The summed E-state index contributed by atoms with van der Waals surface area (Å²) in [5.74, 6) is 0. The number of hydrogen-bond acceptors (Lipinski definition) is 3. The molecule has 0 fully saturated rings. The van der Waals surface area contributed by atoms with Crippen molar-refractivity contribution in [3.8, 4) is 0 Å². The van der Waals surface area contributed by atoms with Crippen LogP contribution in [0.3, 0.4) is 0 Å². The number of rotatable bonds is 12. The summed E-state index contributed by atoms with van der Waals surface area (Å²) in [5, 5.41) is 0. The van der Waals surface area contributed by atoms with Crippen LogP contribution >= 0.6 is 0 Å². The summed E-state index contributed by atoms with van der Waals surface area (Å²) in [4.78, 5) is 0. The molecule has 19 heavy (non-hydrogen) atoms. The molecule has 0 aliphatic rings. The first-order chi connectivity index (χ1) is 9.14. The highest BCUT2D eigenvalue weighted by atomic mass is 28.4. The molecule has 0 radical (unpaired) electrons. The van der Waals surface area contributed by atoms with Gasteiger partial charge in [0.05, 0.1) is 0 Å². The molecule has 114 valence electrons. The molecule has 4 heteroatoms. The minimum Gasteiger partial charge on any atom is -0.374 e. The van der Waals surface area contributed by atoms with Crippen LogP contribution in [0.4, 0.5) is 0 Å². The third-order valence-corrected chi connectivity index (χ3v) is 6.21. The molecule has 0 saturated heterocycles. The van der Waals surface area contributed by atoms with E-state index in [2.05, 4.69) is 32.9 Å². The molecular formula is C15H32O3Si. The molecule has 0 N–H and O–H groups in total. The Labute approximate surface area is 120 Å². The van der Waals surface area contributed by atoms with Crippen LogP contribution in [0.1, 0.15) is 60.3 Å². The van der Waals surface area contributed by atoms with Crippen molar-refractivity contribution in [1.82, 2.24) is 0 Å². The van der Waals surface area contributed by atoms with Crippen LogP contribution in [0.2, 0.25) is 6.04 Å². The maximum absolute atomic E-state index is 6.21. The predicted octanol–water partition coefficient (Wildman–Crippen LogP) is 4.56. The molecule has 0 aromatic rings. The Morgan fingerprint density at radius 3 is 2.21 bits per heavy atom. The monoisotopic (exact) mass is 288 g/mol. The van der Waals surface area contributed by atoms with Crippen molar-refractivity contribution in [3.63, 3.8) is 0 Å². The van der Waals surface area contributed by atoms with Crippen molar-refractivity contribution < 1.29 is 13.3 Å². The van der Waals surface area contributed by atoms with Crippen LogP contribution in [0, 0.1) is 0 Å². The van der Waals surface area contributed by atoms with Crippen LogP contribution < -0.4 is 0 Å². The topological polar surface area (TPSA) is 27.7 Å². The zero-order valence-corrected chi connectivity index (χ0v) is 14.4. The van der Waals surface area contributed by atoms with Gasteiger partial charge in [0.15, 0.2) is 0 Å². The van der Waals surface area contributed by atoms with Gasteiger partial charge in [-0.2, -0.15) is 0 Å². The Morgan fingerprint density at radius 2 is 1.74 bits per heavy atom. The Kier molecular flexibility index (Phi) is 11.5. The predicted molar refractivity (Wildman–Crippen MR) is 83.3 cm³/mol. The first kappa shape index (κ1) is 18.8. The van der Waals surface area contributed by atoms with Gasteiger partial charge in [0.1, 0.15) is 0 Å². The summed E-state index contributed by atoms with van der Waals surface area (Å²) in [6.45, 7) is 11.7. The van der Waals surface area contributed by atoms with Crippen molar-refractivity contribution in [1.29, 1.82) is 0 Å². The maximum atomic E-state index is 6.21. The standard InChI is InChI=1S/C15H32O3Si/c1-6-10-11-12-13-15(5)18-19(14-7-2,16-8-3)17-9-4/h6,10,15H,7-9,11-14H2,1-5H3. The van der Waals surface area contributed by atoms with E-state index < -0.39 is 8.80 Å². The van der Waals surface area contributed by atoms with Crippen LogP contribution in [-0.4, -0.2) is 28.1 Å². The Bertz CT molecular complexity index is 214. The van der Waals surface area contributed by atoms with Gasteiger partial charge >= 0.3 is 8.80 Å². The molecule has 3 nitrogen and oxygen atoms in total. The van der Waals surface area contributed by atoms with Crippen LogP contribution in [0.15, 0.2) is 12.2 Å². The highest BCUT2D eigenvalue weighted by molar-refractivity contribution is 6.60. The van der Waals surface area contributed by atoms with Crippen LogP contribution in [0.5, 0.6) is 0 Å². The minimum absolute atomic E-state index is 0.210. The van der Waals surface area contributed by atoms with Crippen molar-refractivity contribution in [2.45, 2.75) is 72.5 Å². The van der Waals surface area contributed by atoms with E-state index in [9.17, 15) is 0 Å². The van der Waals surface area contributed by atoms with Gasteiger partial charge in [-0.05, 0) is 47.0 Å². The van der Waals surface area contributed by atoms with E-state index in [-0.39, 0.29) is 6.10 Å². The first-order valence-corrected chi connectivity index (χ1v) is 9.64. The van der Waals surface area contributed by atoms with E-state index in [1.807, 2.05) is 13.8 Å². The van der Waals surface area contributed by atoms with E-state index in [1.165, 1.54) is 0 Å². The number of hydrogen-bond donors (Lipinski definition) is 0. The summed E-state index contributed by atoms with van der Waals surface area (Å²) >= 11 is 0. The third-order valence-electron chi connectivity index (χ3n) is 2.88. The fourth-order valence-corrected chi connectivity index (χ4v) is 4.96. The van der Waals surface area contributed by atoms with Gasteiger partial charge in [-0.15, -0.1) is 0 Å². The van der Waals surface area contributed by atoms with Gasteiger partial charge in [0.2, 0.25) is 0 Å². The van der Waals surface area contributed by atoms with Gasteiger partial charge in [0, 0.05) is 25.4 Å². The molecule has 0 saturated carbocycles. The second-order valence-corrected chi connectivity index (χ2v) is 7.41. The van der Waals surface area contributed by atoms with Gasteiger partial charge in [-0.25, -0.2) is 0 Å². The highest BCUT2D eigenvalue weighted by Gasteiger charge is 2.41. The van der Waals surface area contributed by atoms with Crippen LogP contribution in [-0.2, 0) is 13.3 Å². The summed E-state index contributed by atoms with van der Waals surface area (Å²) in [7, 11) is -2.45. The third kappa shape index (κ3) is 8.58. The fourth-order valence-electron chi connectivity index (χ4n) is 2.11. The smallest absolute Gasteiger partial charge is 0.374 e. The molecule has 0 aromatic heterocycles. The van der Waals surface area contributed by atoms with E-state index in [0.717, 1.165) is 31.7 Å². The average Bonchev–Trinajstić information content (AvgIpc) is 2.35. The number of unbranched alkanes of at least 4 members (excludes halogenated alkanes) is 1. The molecule has 0 rings (SSSR count). The normalized spacial score (nSPS) is 14.2. The Hall–Kier alpha value is -0.163. The molecule has 0 aromatic carbocycles. The van der Waals surface area contributed by atoms with Crippen molar-refractivity contribution >= 4 is 8.80 Å². The average molecular weight is 289 g/mol. The lowest BCUT2D eigenvalue weighted by Gasteiger charge is -2.31. The molecule has 0 bridgehead atoms. The largest absolute Gasteiger partial charge is 0.501 e. The maximum Gasteiger partial charge on any atom is 0.501 e. The molecule has 0 aliphatic carbocycles. The van der Waals surface area contributed by atoms with Crippen molar-refractivity contribution in [3.05, 3.63) is 12.2 Å². The first-order valence-electron chi connectivity index (χ1n) is 7.70. The van der Waals surface area contributed by atoms with Crippen molar-refractivity contribution in [2.24, 2.45) is 0 Å². The van der Waals surface area contributed by atoms with Gasteiger partial charge in [-0.3, -0.25) is 0 Å². The Balaban J connectivity index is 4.34. The van der Waals surface area contributed by atoms with E-state index in [4.69, 9.17) is 13.3 Å². The fraction of sp³-hybridized carbons (Fsp3) is 0.867. The molecule has 1 unspecified atom stereocenters. The summed E-state index contributed by atoms with van der Waals surface area (Å²) in [6.07, 6.45) is 8.88. The minimum atomic E-state index is -2.45. The molecule has 0 spiro atoms. The quantitative estimate of drug-likeness (QED) is 0.299. The summed E-state index contributed by atoms with van der Waals surface area (Å²) in [5.41, 5.74) is 0. The second kappa shape index (κ2) is 11.6. The van der Waals surface area contributed by atoms with Gasteiger partial charge in [-0.1, -0.05) is 25.5 Å². The lowest BCUT2D eigenvalue weighted by Crippen LogP contribution is -2.47. The zero-order valence-electron chi connectivity index (χ0n) is 13.4. The molecule has 0 aliphatic heterocycles. The zero-order chi connectivity index (χ0) is 14.6. The lowest BCUT2D eigenvalue weighted by atomic mass is 10.2.